The number of aryl methyl sites for hydroxylation is 1. The average Bonchev–Trinajstić information content (AvgIpc) is 2.05. The molecule has 0 unspecified atom stereocenters. The van der Waals surface area contributed by atoms with E-state index in [-0.39, 0.29) is 18.0 Å². The highest BCUT2D eigenvalue weighted by atomic mass is 35.5. The van der Waals surface area contributed by atoms with E-state index < -0.39 is 0 Å². The van der Waals surface area contributed by atoms with E-state index >= 15 is 0 Å². The Balaban J connectivity index is 3.17. The minimum absolute atomic E-state index is 0.0619. The van der Waals surface area contributed by atoms with E-state index in [9.17, 15) is 9.18 Å². The molecule has 0 radical (unpaired) electrons. The average molecular weight is 201 g/mol. The second-order valence-corrected chi connectivity index (χ2v) is 3.44. The third-order valence-electron chi connectivity index (χ3n) is 1.80. The van der Waals surface area contributed by atoms with Crippen molar-refractivity contribution in [1.82, 2.24) is 0 Å². The van der Waals surface area contributed by atoms with Gasteiger partial charge in [-0.25, -0.2) is 4.39 Å². The van der Waals surface area contributed by atoms with Crippen LogP contribution in [-0.2, 0) is 11.2 Å². The van der Waals surface area contributed by atoms with Gasteiger partial charge in [0, 0.05) is 17.0 Å². The molecule has 0 fully saturated rings. The smallest absolute Gasteiger partial charge is 0.134 e. The van der Waals surface area contributed by atoms with Crippen LogP contribution in [0.25, 0.3) is 0 Å². The second kappa shape index (κ2) is 3.88. The summed E-state index contributed by atoms with van der Waals surface area (Å²) in [6.07, 6.45) is 0.0619. The molecule has 0 bridgehead atoms. The number of ketones is 1. The van der Waals surface area contributed by atoms with Crippen molar-refractivity contribution in [1.29, 1.82) is 0 Å². The fourth-order valence-electron chi connectivity index (χ4n) is 1.13. The van der Waals surface area contributed by atoms with Crippen LogP contribution in [0.3, 0.4) is 0 Å². The first kappa shape index (κ1) is 10.2. The molecule has 0 aliphatic rings. The van der Waals surface area contributed by atoms with E-state index in [1.54, 1.807) is 19.1 Å². The van der Waals surface area contributed by atoms with Gasteiger partial charge in [0.25, 0.3) is 0 Å². The van der Waals surface area contributed by atoms with E-state index in [2.05, 4.69) is 0 Å². The zero-order valence-electron chi connectivity index (χ0n) is 7.53. The summed E-state index contributed by atoms with van der Waals surface area (Å²) in [5, 5.41) is 0.318. The summed E-state index contributed by atoms with van der Waals surface area (Å²) < 4.78 is 13.4. The SMILES string of the molecule is CC(=O)Cc1c(Cl)ccc(C)c1F. The third-order valence-corrected chi connectivity index (χ3v) is 2.16. The van der Waals surface area contributed by atoms with E-state index in [0.717, 1.165) is 0 Å². The van der Waals surface area contributed by atoms with Gasteiger partial charge in [-0.15, -0.1) is 0 Å². The van der Waals surface area contributed by atoms with Crippen molar-refractivity contribution in [3.05, 3.63) is 34.1 Å². The van der Waals surface area contributed by atoms with Gasteiger partial charge in [0.2, 0.25) is 0 Å². The van der Waals surface area contributed by atoms with Gasteiger partial charge < -0.3 is 0 Å². The summed E-state index contributed by atoms with van der Waals surface area (Å²) >= 11 is 5.75. The van der Waals surface area contributed by atoms with Crippen molar-refractivity contribution >= 4 is 17.4 Å². The monoisotopic (exact) mass is 200 g/mol. The van der Waals surface area contributed by atoms with Crippen LogP contribution in [0.2, 0.25) is 5.02 Å². The summed E-state index contributed by atoms with van der Waals surface area (Å²) in [6.45, 7) is 3.06. The van der Waals surface area contributed by atoms with Crippen LogP contribution in [0.1, 0.15) is 18.1 Å². The van der Waals surface area contributed by atoms with Gasteiger partial charge in [-0.2, -0.15) is 0 Å². The summed E-state index contributed by atoms with van der Waals surface area (Å²) in [7, 11) is 0. The Morgan fingerprint density at radius 2 is 2.15 bits per heavy atom. The minimum atomic E-state index is -0.372. The fourth-order valence-corrected chi connectivity index (χ4v) is 1.34. The van der Waals surface area contributed by atoms with Crippen LogP contribution in [0.4, 0.5) is 4.39 Å². The highest BCUT2D eigenvalue weighted by Crippen LogP contribution is 2.22. The van der Waals surface area contributed by atoms with E-state index in [1.165, 1.54) is 6.92 Å². The van der Waals surface area contributed by atoms with Crippen LogP contribution in [-0.4, -0.2) is 5.78 Å². The minimum Gasteiger partial charge on any atom is -0.300 e. The van der Waals surface area contributed by atoms with Crippen molar-refractivity contribution in [2.75, 3.05) is 0 Å². The molecule has 0 saturated carbocycles. The molecule has 1 rings (SSSR count). The van der Waals surface area contributed by atoms with Crippen LogP contribution >= 0.6 is 11.6 Å². The number of hydrogen-bond acceptors (Lipinski definition) is 1. The Bertz CT molecular complexity index is 347. The highest BCUT2D eigenvalue weighted by Gasteiger charge is 2.11. The van der Waals surface area contributed by atoms with Crippen molar-refractivity contribution < 1.29 is 9.18 Å². The molecule has 0 aliphatic carbocycles. The zero-order chi connectivity index (χ0) is 10.0. The lowest BCUT2D eigenvalue weighted by molar-refractivity contribution is -0.116. The molecular formula is C10H10ClFO. The maximum Gasteiger partial charge on any atom is 0.134 e. The molecular weight excluding hydrogens is 191 g/mol. The molecule has 0 aromatic heterocycles. The van der Waals surface area contributed by atoms with Crippen molar-refractivity contribution in [2.45, 2.75) is 20.3 Å². The Hall–Kier alpha value is -0.890. The van der Waals surface area contributed by atoms with Gasteiger partial charge in [-0.3, -0.25) is 4.79 Å². The maximum atomic E-state index is 13.4. The number of rotatable bonds is 2. The number of hydrogen-bond donors (Lipinski definition) is 0. The normalized spacial score (nSPS) is 10.2. The molecule has 70 valence electrons. The largest absolute Gasteiger partial charge is 0.300 e. The first-order valence-electron chi connectivity index (χ1n) is 3.95. The molecule has 0 saturated heterocycles. The lowest BCUT2D eigenvalue weighted by Gasteiger charge is -2.05. The van der Waals surface area contributed by atoms with E-state index in [1.807, 2.05) is 0 Å². The van der Waals surface area contributed by atoms with Crippen molar-refractivity contribution in [3.8, 4) is 0 Å². The van der Waals surface area contributed by atoms with Gasteiger partial charge >= 0.3 is 0 Å². The number of carbonyl (C=O) groups is 1. The van der Waals surface area contributed by atoms with E-state index in [0.29, 0.717) is 16.1 Å². The van der Waals surface area contributed by atoms with Crippen molar-refractivity contribution in [3.63, 3.8) is 0 Å². The van der Waals surface area contributed by atoms with Crippen LogP contribution < -0.4 is 0 Å². The number of carbonyl (C=O) groups excluding carboxylic acids is 1. The van der Waals surface area contributed by atoms with Crippen LogP contribution in [0, 0.1) is 12.7 Å². The highest BCUT2D eigenvalue weighted by molar-refractivity contribution is 6.31. The molecule has 0 aliphatic heterocycles. The van der Waals surface area contributed by atoms with Gasteiger partial charge in [0.05, 0.1) is 0 Å². The molecule has 1 aromatic rings. The van der Waals surface area contributed by atoms with Gasteiger partial charge in [-0.1, -0.05) is 17.7 Å². The zero-order valence-corrected chi connectivity index (χ0v) is 8.28. The Morgan fingerprint density at radius 1 is 1.54 bits per heavy atom. The second-order valence-electron chi connectivity index (χ2n) is 3.04. The molecule has 0 atom stereocenters. The predicted octanol–water partition coefficient (Wildman–Crippen LogP) is 2.92. The Morgan fingerprint density at radius 3 is 2.69 bits per heavy atom. The molecule has 3 heteroatoms. The Kier molecular flexibility index (Phi) is 3.04. The number of Topliss-reactive ketones (excluding diaryl/α,β-unsaturated/α-hetero) is 1. The molecule has 0 N–H and O–H groups in total. The predicted molar refractivity (Wildman–Crippen MR) is 50.5 cm³/mol. The molecule has 1 aromatic carbocycles. The van der Waals surface area contributed by atoms with E-state index in [4.69, 9.17) is 11.6 Å². The number of halogens is 2. The molecule has 0 amide bonds. The number of benzene rings is 1. The molecule has 0 spiro atoms. The summed E-state index contributed by atoms with van der Waals surface area (Å²) in [5.41, 5.74) is 0.815. The van der Waals surface area contributed by atoms with Gasteiger partial charge in [0.15, 0.2) is 0 Å². The maximum absolute atomic E-state index is 13.4. The lowest BCUT2D eigenvalue weighted by atomic mass is 10.1. The summed E-state index contributed by atoms with van der Waals surface area (Å²) in [5.74, 6) is -0.464. The Labute approximate surface area is 81.5 Å². The fraction of sp³-hybridized carbons (Fsp3) is 0.300. The van der Waals surface area contributed by atoms with Gasteiger partial charge in [-0.05, 0) is 25.5 Å². The van der Waals surface area contributed by atoms with Gasteiger partial charge in [0.1, 0.15) is 11.6 Å². The summed E-state index contributed by atoms with van der Waals surface area (Å²) in [6, 6.07) is 3.21. The first-order valence-corrected chi connectivity index (χ1v) is 4.33. The standard InChI is InChI=1S/C10H10ClFO/c1-6-3-4-9(11)8(10(6)12)5-7(2)13/h3-4H,5H2,1-2H3. The third kappa shape index (κ3) is 2.28. The van der Waals surface area contributed by atoms with Crippen LogP contribution in [0.15, 0.2) is 12.1 Å². The molecule has 0 heterocycles. The molecule has 13 heavy (non-hydrogen) atoms. The van der Waals surface area contributed by atoms with Crippen molar-refractivity contribution in [2.24, 2.45) is 0 Å². The van der Waals surface area contributed by atoms with Crippen LogP contribution in [0.5, 0.6) is 0 Å². The lowest BCUT2D eigenvalue weighted by Crippen LogP contribution is -2.01. The molecule has 1 nitrogen and oxygen atoms in total. The topological polar surface area (TPSA) is 17.1 Å². The quantitative estimate of drug-likeness (QED) is 0.718. The summed E-state index contributed by atoms with van der Waals surface area (Å²) in [4.78, 5) is 10.8. The first-order chi connectivity index (χ1) is 6.02.